The molecular weight excluding hydrogens is 376 g/mol. The smallest absolute Gasteiger partial charge is 0.227 e. The Balaban J connectivity index is 1.35. The molecule has 2 aromatic heterocycles. The molecule has 3 aromatic rings. The Morgan fingerprint density at radius 1 is 1.07 bits per heavy atom. The van der Waals surface area contributed by atoms with E-state index in [1.807, 2.05) is 18.5 Å². The normalized spacial score (nSPS) is 16.5. The summed E-state index contributed by atoms with van der Waals surface area (Å²) in [5.74, 6) is 0.582. The molecule has 5 rings (SSSR count). The second kappa shape index (κ2) is 7.87. The van der Waals surface area contributed by atoms with Crippen LogP contribution in [0.4, 0.5) is 17.3 Å². The number of aryl methyl sites for hydroxylation is 1. The average molecular weight is 403 g/mol. The fourth-order valence-corrected chi connectivity index (χ4v) is 4.08. The summed E-state index contributed by atoms with van der Waals surface area (Å²) in [5, 5.41) is 12.0. The van der Waals surface area contributed by atoms with Gasteiger partial charge in [-0.2, -0.15) is 15.0 Å². The molecule has 30 heavy (non-hydrogen) atoms. The molecule has 1 aromatic carbocycles. The molecule has 0 amide bonds. The molecule has 0 atom stereocenters. The van der Waals surface area contributed by atoms with Gasteiger partial charge < -0.3 is 15.1 Å². The molecule has 4 heterocycles. The van der Waals surface area contributed by atoms with Crippen molar-refractivity contribution < 1.29 is 0 Å². The van der Waals surface area contributed by atoms with Crippen LogP contribution < -0.4 is 10.2 Å². The Morgan fingerprint density at radius 3 is 2.77 bits per heavy atom. The lowest BCUT2D eigenvalue weighted by Gasteiger charge is -2.35. The van der Waals surface area contributed by atoms with E-state index in [0.29, 0.717) is 5.95 Å². The number of aromatic nitrogens is 4. The second-order valence-electron chi connectivity index (χ2n) is 7.91. The zero-order valence-corrected chi connectivity index (χ0v) is 17.4. The maximum Gasteiger partial charge on any atom is 0.227 e. The van der Waals surface area contributed by atoms with Crippen LogP contribution in [0.25, 0.3) is 11.3 Å². The van der Waals surface area contributed by atoms with Crippen molar-refractivity contribution in [2.75, 3.05) is 43.4 Å². The Bertz CT molecular complexity index is 1080. The first kappa shape index (κ1) is 18.7. The zero-order valence-electron chi connectivity index (χ0n) is 17.4. The van der Waals surface area contributed by atoms with E-state index in [4.69, 9.17) is 4.98 Å². The summed E-state index contributed by atoms with van der Waals surface area (Å²) in [6, 6.07) is 8.38. The van der Waals surface area contributed by atoms with E-state index in [1.165, 1.54) is 11.3 Å². The maximum absolute atomic E-state index is 4.73. The van der Waals surface area contributed by atoms with Crippen molar-refractivity contribution >= 4 is 23.5 Å². The molecule has 8 nitrogen and oxygen atoms in total. The summed E-state index contributed by atoms with van der Waals surface area (Å²) in [7, 11) is 2.18. The van der Waals surface area contributed by atoms with Crippen molar-refractivity contribution in [2.24, 2.45) is 5.10 Å². The largest absolute Gasteiger partial charge is 0.369 e. The molecule has 0 unspecified atom stereocenters. The third kappa shape index (κ3) is 3.66. The van der Waals surface area contributed by atoms with Gasteiger partial charge in [0.15, 0.2) is 0 Å². The molecule has 1 saturated heterocycles. The maximum atomic E-state index is 4.73. The minimum atomic E-state index is 0.582. The number of hydrogen-bond acceptors (Lipinski definition) is 7. The molecule has 2 aliphatic heterocycles. The number of hydrogen-bond donors (Lipinski definition) is 1. The standard InChI is InChI=1S/C22H26N8/c1-16-14-17(5-6-20(16)29-12-10-28(2)11-13-29)26-22-23-9-7-19(27-22)18-15-25-30-21(18)4-3-8-24-30/h5-9,14-15H,3-4,10-13H2,1-2H3,(H,23,26,27). The van der Waals surface area contributed by atoms with E-state index < -0.39 is 0 Å². The minimum absolute atomic E-state index is 0.582. The number of nitrogens with zero attached hydrogens (tertiary/aromatic N) is 7. The van der Waals surface area contributed by atoms with Crippen molar-refractivity contribution in [3.63, 3.8) is 0 Å². The number of likely N-dealkylation sites (N-methyl/N-ethyl adjacent to an activating group) is 1. The van der Waals surface area contributed by atoms with Crippen LogP contribution in [0.15, 0.2) is 41.8 Å². The highest BCUT2D eigenvalue weighted by Crippen LogP contribution is 2.28. The number of anilines is 3. The molecule has 2 aliphatic rings. The van der Waals surface area contributed by atoms with E-state index in [-0.39, 0.29) is 0 Å². The molecule has 0 spiro atoms. The van der Waals surface area contributed by atoms with Crippen LogP contribution in [0.2, 0.25) is 0 Å². The van der Waals surface area contributed by atoms with Crippen LogP contribution in [0, 0.1) is 6.92 Å². The highest BCUT2D eigenvalue weighted by atomic mass is 15.5. The first-order valence-electron chi connectivity index (χ1n) is 10.4. The first-order valence-corrected chi connectivity index (χ1v) is 10.4. The number of nitrogens with one attached hydrogen (secondary N) is 1. The van der Waals surface area contributed by atoms with Crippen molar-refractivity contribution in [1.29, 1.82) is 0 Å². The van der Waals surface area contributed by atoms with Gasteiger partial charge in [-0.15, -0.1) is 0 Å². The van der Waals surface area contributed by atoms with Crippen LogP contribution in [0.1, 0.15) is 17.7 Å². The monoisotopic (exact) mass is 402 g/mol. The number of benzene rings is 1. The lowest BCUT2D eigenvalue weighted by Crippen LogP contribution is -2.44. The van der Waals surface area contributed by atoms with Gasteiger partial charge in [-0.3, -0.25) is 0 Å². The summed E-state index contributed by atoms with van der Waals surface area (Å²) in [4.78, 5) is 15.7. The fraction of sp³-hybridized carbons (Fsp3) is 0.364. The molecule has 8 heteroatoms. The molecule has 1 fully saturated rings. The molecule has 0 saturated carbocycles. The Morgan fingerprint density at radius 2 is 1.93 bits per heavy atom. The van der Waals surface area contributed by atoms with Gasteiger partial charge in [0.25, 0.3) is 0 Å². The number of piperazine rings is 1. The summed E-state index contributed by atoms with van der Waals surface area (Å²) < 4.78 is 0. The van der Waals surface area contributed by atoms with Gasteiger partial charge in [-0.1, -0.05) is 0 Å². The van der Waals surface area contributed by atoms with Crippen molar-refractivity contribution in [2.45, 2.75) is 19.8 Å². The van der Waals surface area contributed by atoms with E-state index in [1.54, 1.807) is 11.0 Å². The van der Waals surface area contributed by atoms with Gasteiger partial charge in [0.1, 0.15) is 0 Å². The number of fused-ring (bicyclic) bond motifs is 1. The second-order valence-corrected chi connectivity index (χ2v) is 7.91. The molecule has 1 N–H and O–H groups in total. The van der Waals surface area contributed by atoms with E-state index in [2.05, 4.69) is 62.5 Å². The molecule has 0 aliphatic carbocycles. The van der Waals surface area contributed by atoms with Crippen LogP contribution >= 0.6 is 0 Å². The fourth-order valence-electron chi connectivity index (χ4n) is 4.08. The van der Waals surface area contributed by atoms with E-state index >= 15 is 0 Å². The van der Waals surface area contributed by atoms with Gasteiger partial charge in [0.2, 0.25) is 5.95 Å². The quantitative estimate of drug-likeness (QED) is 0.723. The topological polar surface area (TPSA) is 74.5 Å². The third-order valence-corrected chi connectivity index (χ3v) is 5.78. The number of rotatable bonds is 4. The predicted molar refractivity (Wildman–Crippen MR) is 120 cm³/mol. The lowest BCUT2D eigenvalue weighted by atomic mass is 10.1. The third-order valence-electron chi connectivity index (χ3n) is 5.78. The Hall–Kier alpha value is -3.26. The van der Waals surface area contributed by atoms with Crippen molar-refractivity contribution in [3.8, 4) is 11.3 Å². The molecule has 154 valence electrons. The lowest BCUT2D eigenvalue weighted by molar-refractivity contribution is 0.312. The van der Waals surface area contributed by atoms with Crippen LogP contribution in [-0.2, 0) is 6.42 Å². The van der Waals surface area contributed by atoms with Gasteiger partial charge in [-0.25, -0.2) is 9.97 Å². The molecular formula is C22H26N8. The average Bonchev–Trinajstić information content (AvgIpc) is 3.19. The summed E-state index contributed by atoms with van der Waals surface area (Å²) in [5.41, 5.74) is 6.51. The Kier molecular flexibility index (Phi) is 4.92. The van der Waals surface area contributed by atoms with Gasteiger partial charge in [-0.05, 0) is 56.6 Å². The van der Waals surface area contributed by atoms with Crippen molar-refractivity contribution in [1.82, 2.24) is 24.8 Å². The predicted octanol–water partition coefficient (Wildman–Crippen LogP) is 2.92. The minimum Gasteiger partial charge on any atom is -0.369 e. The summed E-state index contributed by atoms with van der Waals surface area (Å²) >= 11 is 0. The SMILES string of the molecule is Cc1cc(Nc2nccc(-c3cnn4c3CCC=N4)n2)ccc1N1CCN(C)CC1. The molecule has 0 bridgehead atoms. The van der Waals surface area contributed by atoms with Crippen LogP contribution in [0.3, 0.4) is 0 Å². The highest BCUT2D eigenvalue weighted by molar-refractivity contribution is 5.68. The highest BCUT2D eigenvalue weighted by Gasteiger charge is 2.17. The molecule has 0 radical (unpaired) electrons. The van der Waals surface area contributed by atoms with E-state index in [0.717, 1.165) is 61.7 Å². The Labute approximate surface area is 176 Å². The first-order chi connectivity index (χ1) is 14.7. The van der Waals surface area contributed by atoms with Crippen molar-refractivity contribution in [3.05, 3.63) is 47.9 Å². The summed E-state index contributed by atoms with van der Waals surface area (Å²) in [6.07, 6.45) is 7.35. The van der Waals surface area contributed by atoms with Gasteiger partial charge >= 0.3 is 0 Å². The zero-order chi connectivity index (χ0) is 20.5. The van der Waals surface area contributed by atoms with Gasteiger partial charge in [0.05, 0.1) is 17.6 Å². The van der Waals surface area contributed by atoms with Crippen LogP contribution in [0.5, 0.6) is 0 Å². The van der Waals surface area contributed by atoms with Gasteiger partial charge in [0, 0.05) is 55.5 Å². The van der Waals surface area contributed by atoms with E-state index in [9.17, 15) is 0 Å². The summed E-state index contributed by atoms with van der Waals surface area (Å²) in [6.45, 7) is 6.49. The van der Waals surface area contributed by atoms with Crippen LogP contribution in [-0.4, -0.2) is 64.2 Å².